The van der Waals surface area contributed by atoms with E-state index in [1.165, 1.54) is 11.8 Å². The Labute approximate surface area is 99.3 Å². The third kappa shape index (κ3) is 1.74. The van der Waals surface area contributed by atoms with E-state index in [1.54, 1.807) is 18.5 Å². The molecule has 1 aromatic heterocycles. The topological polar surface area (TPSA) is 29.9 Å². The summed E-state index contributed by atoms with van der Waals surface area (Å²) in [5, 5.41) is 3.28. The third-order valence-corrected chi connectivity index (χ3v) is 3.21. The molecule has 0 unspecified atom stereocenters. The summed E-state index contributed by atoms with van der Waals surface area (Å²) in [6, 6.07) is 4.86. The Hall–Kier alpha value is -1.68. The van der Waals surface area contributed by atoms with Crippen LogP contribution in [0.1, 0.15) is 17.0 Å². The molecule has 2 heterocycles. The number of halogens is 1. The first-order chi connectivity index (χ1) is 8.25. The fourth-order valence-electron chi connectivity index (χ4n) is 2.29. The number of benzene rings is 1. The van der Waals surface area contributed by atoms with E-state index in [0.29, 0.717) is 0 Å². The van der Waals surface area contributed by atoms with Crippen molar-refractivity contribution in [3.8, 4) is 5.69 Å². The van der Waals surface area contributed by atoms with Gasteiger partial charge in [0.2, 0.25) is 0 Å². The Balaban J connectivity index is 2.15. The summed E-state index contributed by atoms with van der Waals surface area (Å²) in [6.45, 7) is 3.74. The zero-order chi connectivity index (χ0) is 11.8. The fourth-order valence-corrected chi connectivity index (χ4v) is 2.29. The average molecular weight is 231 g/mol. The van der Waals surface area contributed by atoms with Gasteiger partial charge < -0.3 is 9.88 Å². The van der Waals surface area contributed by atoms with Crippen LogP contribution >= 0.6 is 0 Å². The second kappa shape index (κ2) is 3.96. The van der Waals surface area contributed by atoms with E-state index in [1.807, 2.05) is 11.5 Å². The van der Waals surface area contributed by atoms with Crippen LogP contribution in [0, 0.1) is 12.7 Å². The van der Waals surface area contributed by atoms with E-state index >= 15 is 0 Å². The molecule has 0 bridgehead atoms. The summed E-state index contributed by atoms with van der Waals surface area (Å²) in [5.41, 5.74) is 4.21. The van der Waals surface area contributed by atoms with Gasteiger partial charge in [0.05, 0.1) is 17.7 Å². The third-order valence-electron chi connectivity index (χ3n) is 3.21. The first kappa shape index (κ1) is 10.5. The molecular formula is C13H14FN3. The van der Waals surface area contributed by atoms with Crippen molar-refractivity contribution >= 4 is 0 Å². The number of hydrogen-bond donors (Lipinski definition) is 1. The van der Waals surface area contributed by atoms with E-state index in [9.17, 15) is 4.39 Å². The van der Waals surface area contributed by atoms with Crippen LogP contribution in [0.4, 0.5) is 4.39 Å². The molecule has 0 fully saturated rings. The molecule has 0 spiro atoms. The first-order valence-corrected chi connectivity index (χ1v) is 5.78. The van der Waals surface area contributed by atoms with E-state index in [-0.39, 0.29) is 5.82 Å². The van der Waals surface area contributed by atoms with E-state index in [2.05, 4.69) is 10.3 Å². The van der Waals surface area contributed by atoms with Gasteiger partial charge in [0, 0.05) is 25.2 Å². The lowest BCUT2D eigenvalue weighted by atomic mass is 10.1. The van der Waals surface area contributed by atoms with Crippen LogP contribution in [0.3, 0.4) is 0 Å². The van der Waals surface area contributed by atoms with Crippen molar-refractivity contribution in [3.63, 3.8) is 0 Å². The largest absolute Gasteiger partial charge is 0.311 e. The lowest BCUT2D eigenvalue weighted by Crippen LogP contribution is -2.24. The Bertz CT molecular complexity index is 560. The molecule has 4 heteroatoms. The maximum absolute atomic E-state index is 13.3. The van der Waals surface area contributed by atoms with Crippen molar-refractivity contribution in [1.29, 1.82) is 0 Å². The van der Waals surface area contributed by atoms with Crippen LogP contribution in [-0.2, 0) is 13.0 Å². The van der Waals surface area contributed by atoms with Gasteiger partial charge in [-0.1, -0.05) is 6.07 Å². The van der Waals surface area contributed by atoms with Crippen LogP contribution in [0.5, 0.6) is 0 Å². The highest BCUT2D eigenvalue weighted by atomic mass is 19.1. The number of fused-ring (bicyclic) bond motifs is 1. The van der Waals surface area contributed by atoms with Crippen molar-refractivity contribution < 1.29 is 4.39 Å². The number of nitrogens with one attached hydrogen (secondary N) is 1. The molecule has 2 aromatic rings. The predicted octanol–water partition coefficient (Wildman–Crippen LogP) is 1.97. The zero-order valence-electron chi connectivity index (χ0n) is 9.70. The summed E-state index contributed by atoms with van der Waals surface area (Å²) >= 11 is 0. The van der Waals surface area contributed by atoms with Crippen LogP contribution in [0.2, 0.25) is 0 Å². The molecule has 0 saturated carbocycles. The van der Waals surface area contributed by atoms with Crippen molar-refractivity contribution in [3.05, 3.63) is 47.3 Å². The molecule has 17 heavy (non-hydrogen) atoms. The van der Waals surface area contributed by atoms with Gasteiger partial charge in [0.25, 0.3) is 0 Å². The molecule has 1 aliphatic heterocycles. The number of imidazole rings is 1. The summed E-state index contributed by atoms with van der Waals surface area (Å²) < 4.78 is 15.3. The van der Waals surface area contributed by atoms with Crippen molar-refractivity contribution in [2.24, 2.45) is 0 Å². The van der Waals surface area contributed by atoms with E-state index < -0.39 is 0 Å². The number of hydrogen-bond acceptors (Lipinski definition) is 2. The van der Waals surface area contributed by atoms with Gasteiger partial charge in [-0.2, -0.15) is 0 Å². The highest BCUT2D eigenvalue weighted by molar-refractivity contribution is 5.43. The Kier molecular flexibility index (Phi) is 2.44. The summed E-state index contributed by atoms with van der Waals surface area (Å²) in [6.07, 6.45) is 2.73. The second-order valence-electron chi connectivity index (χ2n) is 4.37. The van der Waals surface area contributed by atoms with Gasteiger partial charge in [0.1, 0.15) is 5.82 Å². The molecule has 3 rings (SSSR count). The minimum absolute atomic E-state index is 0.206. The second-order valence-corrected chi connectivity index (χ2v) is 4.37. The Morgan fingerprint density at radius 1 is 1.41 bits per heavy atom. The molecular weight excluding hydrogens is 217 g/mol. The molecule has 0 saturated heterocycles. The van der Waals surface area contributed by atoms with Crippen LogP contribution in [0.15, 0.2) is 24.5 Å². The molecule has 1 aliphatic rings. The van der Waals surface area contributed by atoms with Gasteiger partial charge in [-0.15, -0.1) is 0 Å². The number of aromatic nitrogens is 2. The fraction of sp³-hybridized carbons (Fsp3) is 0.308. The minimum atomic E-state index is -0.206. The molecule has 0 atom stereocenters. The quantitative estimate of drug-likeness (QED) is 0.813. The predicted molar refractivity (Wildman–Crippen MR) is 63.7 cm³/mol. The summed E-state index contributed by atoms with van der Waals surface area (Å²) in [5.74, 6) is -0.206. The molecule has 0 amide bonds. The smallest absolute Gasteiger partial charge is 0.125 e. The lowest BCUT2D eigenvalue weighted by molar-refractivity contribution is 0.615. The molecule has 1 aromatic carbocycles. The summed E-state index contributed by atoms with van der Waals surface area (Å²) in [7, 11) is 0. The highest BCUT2D eigenvalue weighted by Crippen LogP contribution is 2.21. The standard InChI is InChI=1S/C13H14FN3/c1-9-2-3-10(14)6-13(9)17-8-16-11-7-15-5-4-12(11)17/h2-3,6,8,15H,4-5,7H2,1H3. The molecule has 3 nitrogen and oxygen atoms in total. The molecule has 0 aliphatic carbocycles. The SMILES string of the molecule is Cc1ccc(F)cc1-n1cnc2c1CCNC2. The van der Waals surface area contributed by atoms with Crippen molar-refractivity contribution in [2.75, 3.05) is 6.54 Å². The van der Waals surface area contributed by atoms with Crippen molar-refractivity contribution in [1.82, 2.24) is 14.9 Å². The Morgan fingerprint density at radius 3 is 3.18 bits per heavy atom. The Morgan fingerprint density at radius 2 is 2.29 bits per heavy atom. The normalized spacial score (nSPS) is 14.7. The average Bonchev–Trinajstić information content (AvgIpc) is 2.76. The zero-order valence-corrected chi connectivity index (χ0v) is 9.70. The molecule has 1 N–H and O–H groups in total. The number of rotatable bonds is 1. The number of aryl methyl sites for hydroxylation is 1. The summed E-state index contributed by atoms with van der Waals surface area (Å²) in [4.78, 5) is 4.38. The van der Waals surface area contributed by atoms with Gasteiger partial charge in [-0.25, -0.2) is 9.37 Å². The maximum atomic E-state index is 13.3. The number of nitrogens with zero attached hydrogens (tertiary/aromatic N) is 2. The lowest BCUT2D eigenvalue weighted by Gasteiger charge is -2.16. The van der Waals surface area contributed by atoms with Gasteiger partial charge in [0.15, 0.2) is 0 Å². The monoisotopic (exact) mass is 231 g/mol. The highest BCUT2D eigenvalue weighted by Gasteiger charge is 2.16. The maximum Gasteiger partial charge on any atom is 0.125 e. The van der Waals surface area contributed by atoms with Gasteiger partial charge in [-0.3, -0.25) is 0 Å². The molecule has 0 radical (unpaired) electrons. The van der Waals surface area contributed by atoms with E-state index in [0.717, 1.165) is 36.5 Å². The van der Waals surface area contributed by atoms with Crippen LogP contribution < -0.4 is 5.32 Å². The van der Waals surface area contributed by atoms with Crippen LogP contribution in [-0.4, -0.2) is 16.1 Å². The van der Waals surface area contributed by atoms with Gasteiger partial charge >= 0.3 is 0 Å². The molecule has 88 valence electrons. The van der Waals surface area contributed by atoms with Crippen molar-refractivity contribution in [2.45, 2.75) is 19.9 Å². The first-order valence-electron chi connectivity index (χ1n) is 5.78. The van der Waals surface area contributed by atoms with Crippen LogP contribution in [0.25, 0.3) is 5.69 Å². The van der Waals surface area contributed by atoms with Gasteiger partial charge in [-0.05, 0) is 24.6 Å². The minimum Gasteiger partial charge on any atom is -0.311 e. The van der Waals surface area contributed by atoms with E-state index in [4.69, 9.17) is 0 Å².